The van der Waals surface area contributed by atoms with Crippen molar-refractivity contribution in [2.75, 3.05) is 16.0 Å². The smallest absolute Gasteiger partial charge is 0.431 e. The molecule has 0 aliphatic rings. The first kappa shape index (κ1) is 49.6. The lowest BCUT2D eigenvalue weighted by Crippen LogP contribution is -2.34. The molecule has 1 aromatic rings. The SMILES string of the molecule is CC(C)(C)OC(=O)NOCc1c(CNC(=O)CBr)c(CSNC(=O)OC(C)(C)C)c(CNC(=O)CBr)c(CSNC(=O)OC(C)(C)C)c1CNC(=O)CBr. The molecule has 21 heteroatoms. The fourth-order valence-corrected chi connectivity index (χ4v) is 6.40. The van der Waals surface area contributed by atoms with Gasteiger partial charge in [-0.3, -0.25) is 28.7 Å². The van der Waals surface area contributed by atoms with Crippen molar-refractivity contribution in [2.45, 2.75) is 117 Å². The molecule has 0 fully saturated rings. The Morgan fingerprint density at radius 2 is 0.815 bits per heavy atom. The normalized spacial score (nSPS) is 11.6. The Balaban J connectivity index is 4.09. The standard InChI is InChI=1S/C33H51Br3N6O10S2/c1-31(2,3)50-28(46)40-49-16-22-19(13-37-25(43)10-34)23(17-53-41-29(47)51-32(4,5)6)21(15-39-27(45)12-36)24(20(22)14-38-26(44)11-35)18-54-42-30(48)52-33(7,8)9/h10-18H2,1-9H3,(H,37,43)(H,38,44)(H,39,45)(H,40,46)(H,41,47)(H,42,48). The number of nitrogens with one attached hydrogen (secondary N) is 6. The van der Waals surface area contributed by atoms with Gasteiger partial charge in [0.25, 0.3) is 0 Å². The van der Waals surface area contributed by atoms with E-state index in [1.54, 1.807) is 62.3 Å². The number of ether oxygens (including phenoxy) is 3. The Morgan fingerprint density at radius 1 is 0.500 bits per heavy atom. The fraction of sp³-hybridized carbons (Fsp3) is 0.636. The molecule has 0 saturated heterocycles. The monoisotopic (exact) mass is 992 g/mol. The molecule has 0 bridgehead atoms. The zero-order valence-electron chi connectivity index (χ0n) is 31.9. The minimum atomic E-state index is -0.852. The lowest BCUT2D eigenvalue weighted by Gasteiger charge is -2.28. The van der Waals surface area contributed by atoms with E-state index in [1.807, 2.05) is 0 Å². The minimum Gasteiger partial charge on any atom is -0.443 e. The number of hydrogen-bond donors (Lipinski definition) is 6. The van der Waals surface area contributed by atoms with E-state index in [1.165, 1.54) is 0 Å². The second-order valence-corrected chi connectivity index (χ2v) is 17.5. The summed E-state index contributed by atoms with van der Waals surface area (Å²) in [5.74, 6) is -0.831. The molecular formula is C33H51Br3N6O10S2. The molecule has 6 amide bonds. The number of rotatable bonds is 18. The van der Waals surface area contributed by atoms with E-state index in [9.17, 15) is 28.8 Å². The van der Waals surface area contributed by atoms with Crippen LogP contribution < -0.4 is 30.9 Å². The minimum absolute atomic E-state index is 0.00327. The molecule has 306 valence electrons. The summed E-state index contributed by atoms with van der Waals surface area (Å²) in [7, 11) is 0. The van der Waals surface area contributed by atoms with Crippen LogP contribution >= 0.6 is 71.7 Å². The van der Waals surface area contributed by atoms with Crippen LogP contribution in [0.25, 0.3) is 0 Å². The molecule has 0 saturated carbocycles. The Hall–Kier alpha value is -2.46. The van der Waals surface area contributed by atoms with Crippen LogP contribution in [0.2, 0.25) is 0 Å². The maximum absolute atomic E-state index is 12.7. The van der Waals surface area contributed by atoms with Gasteiger partial charge in [-0.25, -0.2) is 14.4 Å². The summed E-state index contributed by atoms with van der Waals surface area (Å²) < 4.78 is 21.5. The number of hydroxylamine groups is 1. The summed E-state index contributed by atoms with van der Waals surface area (Å²) in [6, 6.07) is 0. The molecule has 6 N–H and O–H groups in total. The van der Waals surface area contributed by atoms with Crippen LogP contribution in [0.1, 0.15) is 95.7 Å². The fourth-order valence-electron chi connectivity index (χ4n) is 4.36. The summed E-state index contributed by atoms with van der Waals surface area (Å²) in [6.45, 7) is 15.0. The zero-order chi connectivity index (χ0) is 41.3. The van der Waals surface area contributed by atoms with E-state index >= 15 is 0 Å². The van der Waals surface area contributed by atoms with Crippen molar-refractivity contribution in [1.82, 2.24) is 30.9 Å². The molecule has 0 heterocycles. The summed E-state index contributed by atoms with van der Waals surface area (Å²) >= 11 is 11.5. The topological polar surface area (TPSA) is 212 Å². The average Bonchev–Trinajstić information content (AvgIpc) is 3.03. The zero-order valence-corrected chi connectivity index (χ0v) is 38.3. The van der Waals surface area contributed by atoms with Gasteiger partial charge in [0.2, 0.25) is 17.7 Å². The third kappa shape index (κ3) is 20.5. The van der Waals surface area contributed by atoms with Crippen LogP contribution in [0.4, 0.5) is 14.4 Å². The van der Waals surface area contributed by atoms with Crippen LogP contribution in [0.5, 0.6) is 0 Å². The Kier molecular flexibility index (Phi) is 21.6. The number of carbonyl (C=O) groups excluding carboxylic acids is 6. The predicted molar refractivity (Wildman–Crippen MR) is 219 cm³/mol. The van der Waals surface area contributed by atoms with E-state index < -0.39 is 35.1 Å². The molecule has 0 atom stereocenters. The first-order valence-corrected chi connectivity index (χ1v) is 21.8. The van der Waals surface area contributed by atoms with Gasteiger partial charge < -0.3 is 30.2 Å². The van der Waals surface area contributed by atoms with Crippen molar-refractivity contribution in [3.05, 3.63) is 33.4 Å². The number of alkyl halides is 3. The van der Waals surface area contributed by atoms with Gasteiger partial charge in [-0.1, -0.05) is 47.8 Å². The van der Waals surface area contributed by atoms with Crippen LogP contribution in [0.15, 0.2) is 0 Å². The van der Waals surface area contributed by atoms with Crippen molar-refractivity contribution in [3.63, 3.8) is 0 Å². The molecule has 0 unspecified atom stereocenters. The van der Waals surface area contributed by atoms with Crippen molar-refractivity contribution >= 4 is 108 Å². The van der Waals surface area contributed by atoms with Gasteiger partial charge in [-0.05, 0) is 120 Å². The molecule has 0 aliphatic carbocycles. The summed E-state index contributed by atoms with van der Waals surface area (Å²) in [4.78, 5) is 81.4. The Morgan fingerprint density at radius 3 is 1.13 bits per heavy atom. The predicted octanol–water partition coefficient (Wildman–Crippen LogP) is 6.02. The number of halogens is 3. The highest BCUT2D eigenvalue weighted by atomic mass is 79.9. The molecule has 1 rings (SSSR count). The summed E-state index contributed by atoms with van der Waals surface area (Å²) in [5, 5.41) is 8.58. The van der Waals surface area contributed by atoms with Crippen molar-refractivity contribution < 1.29 is 47.8 Å². The Bertz CT molecular complexity index is 1290. The second kappa shape index (κ2) is 23.6. The number of benzene rings is 1. The van der Waals surface area contributed by atoms with Crippen molar-refractivity contribution in [3.8, 4) is 0 Å². The second-order valence-electron chi connectivity index (χ2n) is 14.3. The van der Waals surface area contributed by atoms with Crippen LogP contribution in [0.3, 0.4) is 0 Å². The Labute approximate surface area is 350 Å². The first-order valence-electron chi connectivity index (χ1n) is 16.5. The number of carbonyl (C=O) groups is 6. The van der Waals surface area contributed by atoms with E-state index in [0.29, 0.717) is 33.4 Å². The van der Waals surface area contributed by atoms with Gasteiger partial charge in [0.1, 0.15) is 23.4 Å². The molecule has 0 aliphatic heterocycles. The van der Waals surface area contributed by atoms with Gasteiger partial charge in [0, 0.05) is 31.1 Å². The molecule has 1 aromatic carbocycles. The largest absolute Gasteiger partial charge is 0.443 e. The summed E-state index contributed by atoms with van der Waals surface area (Å²) in [5.41, 5.74) is 3.19. The van der Waals surface area contributed by atoms with Gasteiger partial charge in [0.15, 0.2) is 0 Å². The third-order valence-corrected chi connectivity index (χ3v) is 9.27. The molecule has 0 radical (unpaired) electrons. The number of amides is 6. The highest BCUT2D eigenvalue weighted by molar-refractivity contribution is 9.09. The first-order chi connectivity index (χ1) is 25.0. The van der Waals surface area contributed by atoms with E-state index in [2.05, 4.69) is 78.7 Å². The molecule has 0 aromatic heterocycles. The summed E-state index contributed by atoms with van der Waals surface area (Å²) in [6.07, 6.45) is -2.23. The van der Waals surface area contributed by atoms with Crippen LogP contribution in [0, 0.1) is 0 Å². The van der Waals surface area contributed by atoms with Crippen molar-refractivity contribution in [1.29, 1.82) is 0 Å². The van der Waals surface area contributed by atoms with Gasteiger partial charge in [0.05, 0.1) is 16.0 Å². The molecular weight excluding hydrogens is 944 g/mol. The molecule has 16 nitrogen and oxygen atoms in total. The highest BCUT2D eigenvalue weighted by Gasteiger charge is 2.27. The van der Waals surface area contributed by atoms with Gasteiger partial charge in [-0.15, -0.1) is 0 Å². The van der Waals surface area contributed by atoms with E-state index in [0.717, 1.165) is 23.9 Å². The maximum Gasteiger partial charge on any atom is 0.431 e. The lowest BCUT2D eigenvalue weighted by molar-refractivity contribution is -0.119. The quantitative estimate of drug-likeness (QED) is 0.0432. The third-order valence-electron chi connectivity index (χ3n) is 6.25. The number of hydrogen-bond acceptors (Lipinski definition) is 12. The molecule has 54 heavy (non-hydrogen) atoms. The van der Waals surface area contributed by atoms with E-state index in [4.69, 9.17) is 19.0 Å². The van der Waals surface area contributed by atoms with Gasteiger partial charge >= 0.3 is 18.3 Å². The maximum atomic E-state index is 12.7. The van der Waals surface area contributed by atoms with Crippen molar-refractivity contribution in [2.24, 2.45) is 0 Å². The lowest BCUT2D eigenvalue weighted by atomic mass is 9.87. The van der Waals surface area contributed by atoms with Crippen LogP contribution in [-0.4, -0.2) is 68.8 Å². The van der Waals surface area contributed by atoms with E-state index in [-0.39, 0.29) is 71.5 Å². The van der Waals surface area contributed by atoms with Crippen LogP contribution in [-0.2, 0) is 71.2 Å². The average molecular weight is 996 g/mol. The van der Waals surface area contributed by atoms with Gasteiger partial charge in [-0.2, -0.15) is 5.48 Å². The molecule has 0 spiro atoms. The highest BCUT2D eigenvalue weighted by Crippen LogP contribution is 2.34.